The van der Waals surface area contributed by atoms with E-state index in [0.717, 1.165) is 5.56 Å². The van der Waals surface area contributed by atoms with E-state index in [0.29, 0.717) is 23.3 Å². The summed E-state index contributed by atoms with van der Waals surface area (Å²) in [4.78, 5) is 15.8. The molecule has 0 aliphatic rings. The third-order valence-corrected chi connectivity index (χ3v) is 3.41. The number of nitrogens with one attached hydrogen (secondary N) is 2. The average molecular weight is 288 g/mol. The average Bonchev–Trinajstić information content (AvgIpc) is 2.92. The molecule has 0 spiro atoms. The van der Waals surface area contributed by atoms with E-state index in [1.54, 1.807) is 6.08 Å². The molecule has 0 radical (unpaired) electrons. The molecule has 0 aliphatic carbocycles. The van der Waals surface area contributed by atoms with Gasteiger partial charge >= 0.3 is 0 Å². The molecule has 0 saturated carbocycles. The van der Waals surface area contributed by atoms with Crippen LogP contribution < -0.4 is 5.32 Å². The zero-order valence-electron chi connectivity index (χ0n) is 11.2. The van der Waals surface area contributed by atoms with Crippen LogP contribution in [0.4, 0.5) is 0 Å². The van der Waals surface area contributed by atoms with Crippen LogP contribution in [0, 0.1) is 6.92 Å². The number of H-pyrrole nitrogens is 1. The van der Waals surface area contributed by atoms with Gasteiger partial charge < -0.3 is 5.32 Å². The van der Waals surface area contributed by atoms with Crippen LogP contribution >= 0.6 is 11.8 Å². The molecule has 5 nitrogen and oxygen atoms in total. The predicted octanol–water partition coefficient (Wildman–Crippen LogP) is 2.17. The van der Waals surface area contributed by atoms with E-state index in [1.165, 1.54) is 17.3 Å². The summed E-state index contributed by atoms with van der Waals surface area (Å²) in [6.45, 7) is 6.05. The minimum absolute atomic E-state index is 0.0587. The number of hydrogen-bond acceptors (Lipinski definition) is 4. The van der Waals surface area contributed by atoms with Gasteiger partial charge in [0.2, 0.25) is 11.1 Å². The molecule has 0 atom stereocenters. The van der Waals surface area contributed by atoms with Gasteiger partial charge in [0.1, 0.15) is 0 Å². The van der Waals surface area contributed by atoms with Crippen LogP contribution in [0.1, 0.15) is 5.56 Å². The quantitative estimate of drug-likeness (QED) is 0.631. The maximum absolute atomic E-state index is 11.4. The van der Waals surface area contributed by atoms with Gasteiger partial charge in [0.15, 0.2) is 5.82 Å². The number of aryl methyl sites for hydroxylation is 1. The Balaban J connectivity index is 1.94. The molecule has 2 aromatic rings. The molecule has 1 aromatic carbocycles. The van der Waals surface area contributed by atoms with Crippen molar-refractivity contribution in [1.82, 2.24) is 20.5 Å². The fourth-order valence-corrected chi connectivity index (χ4v) is 2.15. The van der Waals surface area contributed by atoms with Gasteiger partial charge in [-0.1, -0.05) is 47.7 Å². The topological polar surface area (TPSA) is 70.7 Å². The molecule has 2 rings (SSSR count). The number of aromatic nitrogens is 3. The molecule has 0 saturated heterocycles. The number of carbonyl (C=O) groups excluding carboxylic acids is 1. The predicted molar refractivity (Wildman–Crippen MR) is 80.5 cm³/mol. The van der Waals surface area contributed by atoms with E-state index in [2.05, 4.69) is 27.1 Å². The summed E-state index contributed by atoms with van der Waals surface area (Å²) in [6, 6.07) is 8.02. The summed E-state index contributed by atoms with van der Waals surface area (Å²) in [5.41, 5.74) is 2.17. The van der Waals surface area contributed by atoms with Crippen LogP contribution in [0.3, 0.4) is 0 Å². The Hall–Kier alpha value is -2.08. The summed E-state index contributed by atoms with van der Waals surface area (Å²) < 4.78 is 0. The number of amides is 1. The fourth-order valence-electron chi connectivity index (χ4n) is 1.52. The van der Waals surface area contributed by atoms with E-state index in [9.17, 15) is 4.79 Å². The first-order valence-electron chi connectivity index (χ1n) is 6.19. The normalized spacial score (nSPS) is 10.2. The van der Waals surface area contributed by atoms with Gasteiger partial charge in [0.25, 0.3) is 0 Å². The minimum atomic E-state index is -0.0587. The SMILES string of the molecule is C=CCNC(=O)CSc1n[nH]c(-c2ccc(C)cc2)n1. The molecule has 0 unspecified atom stereocenters. The number of rotatable bonds is 6. The molecule has 1 amide bonds. The molecular formula is C14H16N4OS. The standard InChI is InChI=1S/C14H16N4OS/c1-3-8-15-12(19)9-20-14-16-13(17-18-14)11-6-4-10(2)5-7-11/h3-7H,1,8-9H2,2H3,(H,15,19)(H,16,17,18). The number of aromatic amines is 1. The molecule has 0 aliphatic heterocycles. The van der Waals surface area contributed by atoms with E-state index in [4.69, 9.17) is 0 Å². The second-order valence-electron chi connectivity index (χ2n) is 4.21. The van der Waals surface area contributed by atoms with Gasteiger partial charge in [-0.05, 0) is 6.92 Å². The van der Waals surface area contributed by atoms with Crippen molar-refractivity contribution < 1.29 is 4.79 Å². The molecule has 2 N–H and O–H groups in total. The second-order valence-corrected chi connectivity index (χ2v) is 5.16. The molecule has 1 heterocycles. The summed E-state index contributed by atoms with van der Waals surface area (Å²) in [5, 5.41) is 10.2. The van der Waals surface area contributed by atoms with Crippen molar-refractivity contribution in [3.63, 3.8) is 0 Å². The lowest BCUT2D eigenvalue weighted by molar-refractivity contribution is -0.118. The lowest BCUT2D eigenvalue weighted by Gasteiger charge is -1.99. The highest BCUT2D eigenvalue weighted by atomic mass is 32.2. The fraction of sp³-hybridized carbons (Fsp3) is 0.214. The highest BCUT2D eigenvalue weighted by molar-refractivity contribution is 7.99. The first-order valence-corrected chi connectivity index (χ1v) is 7.17. The van der Waals surface area contributed by atoms with Crippen molar-refractivity contribution in [2.24, 2.45) is 0 Å². The van der Waals surface area contributed by atoms with Crippen molar-refractivity contribution in [3.8, 4) is 11.4 Å². The molecule has 0 bridgehead atoms. The smallest absolute Gasteiger partial charge is 0.230 e. The van der Waals surface area contributed by atoms with Crippen molar-refractivity contribution in [1.29, 1.82) is 0 Å². The Labute approximate surface area is 121 Å². The van der Waals surface area contributed by atoms with Crippen LogP contribution in [0.15, 0.2) is 42.1 Å². The molecule has 0 fully saturated rings. The van der Waals surface area contributed by atoms with Crippen molar-refractivity contribution >= 4 is 17.7 Å². The van der Waals surface area contributed by atoms with Crippen LogP contribution in [-0.2, 0) is 4.79 Å². The zero-order valence-corrected chi connectivity index (χ0v) is 12.0. The van der Waals surface area contributed by atoms with Crippen LogP contribution in [0.5, 0.6) is 0 Å². The second kappa shape index (κ2) is 6.91. The maximum Gasteiger partial charge on any atom is 0.230 e. The summed E-state index contributed by atoms with van der Waals surface area (Å²) in [6.07, 6.45) is 1.64. The summed E-state index contributed by atoms with van der Waals surface area (Å²) in [7, 11) is 0. The van der Waals surface area contributed by atoms with Crippen LogP contribution in [0.25, 0.3) is 11.4 Å². The number of hydrogen-bond donors (Lipinski definition) is 2. The number of thioether (sulfide) groups is 1. The molecular weight excluding hydrogens is 272 g/mol. The number of benzene rings is 1. The molecule has 104 valence electrons. The first kappa shape index (κ1) is 14.3. The summed E-state index contributed by atoms with van der Waals surface area (Å²) in [5.74, 6) is 0.939. The van der Waals surface area contributed by atoms with Crippen molar-refractivity contribution in [3.05, 3.63) is 42.5 Å². The van der Waals surface area contributed by atoms with E-state index in [1.807, 2.05) is 31.2 Å². The maximum atomic E-state index is 11.4. The van der Waals surface area contributed by atoms with E-state index >= 15 is 0 Å². The third-order valence-electron chi connectivity index (χ3n) is 2.57. The van der Waals surface area contributed by atoms with Crippen LogP contribution in [0.2, 0.25) is 0 Å². The number of nitrogens with zero attached hydrogens (tertiary/aromatic N) is 2. The lowest BCUT2D eigenvalue weighted by atomic mass is 10.1. The number of carbonyl (C=O) groups is 1. The van der Waals surface area contributed by atoms with E-state index < -0.39 is 0 Å². The minimum Gasteiger partial charge on any atom is -0.352 e. The van der Waals surface area contributed by atoms with Gasteiger partial charge in [0.05, 0.1) is 5.75 Å². The van der Waals surface area contributed by atoms with Crippen molar-refractivity contribution in [2.45, 2.75) is 12.1 Å². The zero-order chi connectivity index (χ0) is 14.4. The monoisotopic (exact) mass is 288 g/mol. The highest BCUT2D eigenvalue weighted by Crippen LogP contribution is 2.19. The molecule has 6 heteroatoms. The van der Waals surface area contributed by atoms with Gasteiger partial charge in [0, 0.05) is 12.1 Å². The summed E-state index contributed by atoms with van der Waals surface area (Å²) >= 11 is 1.30. The van der Waals surface area contributed by atoms with Gasteiger partial charge in [-0.15, -0.1) is 11.7 Å². The Bertz CT molecular complexity index is 591. The Morgan fingerprint density at radius 1 is 1.45 bits per heavy atom. The van der Waals surface area contributed by atoms with Crippen LogP contribution in [-0.4, -0.2) is 33.4 Å². The highest BCUT2D eigenvalue weighted by Gasteiger charge is 2.08. The largest absolute Gasteiger partial charge is 0.352 e. The Morgan fingerprint density at radius 2 is 2.20 bits per heavy atom. The Morgan fingerprint density at radius 3 is 2.90 bits per heavy atom. The van der Waals surface area contributed by atoms with E-state index in [-0.39, 0.29) is 5.91 Å². The molecule has 1 aromatic heterocycles. The molecule has 20 heavy (non-hydrogen) atoms. The lowest BCUT2D eigenvalue weighted by Crippen LogP contribution is -2.24. The van der Waals surface area contributed by atoms with Gasteiger partial charge in [-0.3, -0.25) is 9.89 Å². The van der Waals surface area contributed by atoms with Gasteiger partial charge in [-0.2, -0.15) is 0 Å². The van der Waals surface area contributed by atoms with Crippen molar-refractivity contribution in [2.75, 3.05) is 12.3 Å². The van der Waals surface area contributed by atoms with Gasteiger partial charge in [-0.25, -0.2) is 4.98 Å². The first-order chi connectivity index (χ1) is 9.69. The third kappa shape index (κ3) is 3.96. The Kier molecular flexibility index (Phi) is 4.95.